The molecule has 0 aliphatic rings. The number of para-hydroxylation sites is 4. The van der Waals surface area contributed by atoms with E-state index in [2.05, 4.69) is 167 Å². The SMILES string of the molecule is c1ccc(-c2nc3ccccc3n2-c2ccc3ccc4c(N(c5ccccc5)c5cnc6ccccc6c5)ccc5ccc2c3c54)cc1. The molecular weight excluding hydrogens is 585 g/mol. The van der Waals surface area contributed by atoms with E-state index in [0.29, 0.717) is 0 Å². The third-order valence-corrected chi connectivity index (χ3v) is 9.54. The molecule has 48 heavy (non-hydrogen) atoms. The number of pyridine rings is 1. The first kappa shape index (κ1) is 26.7. The van der Waals surface area contributed by atoms with Crippen LogP contribution in [0.1, 0.15) is 0 Å². The molecule has 8 aromatic carbocycles. The summed E-state index contributed by atoms with van der Waals surface area (Å²) in [6.07, 6.45) is 1.99. The molecule has 0 aliphatic carbocycles. The Hall–Kier alpha value is -6.52. The number of fused-ring (bicyclic) bond motifs is 2. The quantitative estimate of drug-likeness (QED) is 0.181. The van der Waals surface area contributed by atoms with Gasteiger partial charge in [0.1, 0.15) is 5.82 Å². The maximum atomic E-state index is 5.14. The number of benzene rings is 8. The number of anilines is 3. The predicted molar refractivity (Wildman–Crippen MR) is 200 cm³/mol. The lowest BCUT2D eigenvalue weighted by molar-refractivity contribution is 1.12. The summed E-state index contributed by atoms with van der Waals surface area (Å²) in [5.74, 6) is 0.937. The minimum Gasteiger partial charge on any atom is -0.308 e. The maximum absolute atomic E-state index is 5.14. The fourth-order valence-electron chi connectivity index (χ4n) is 7.40. The van der Waals surface area contributed by atoms with E-state index in [-0.39, 0.29) is 0 Å². The molecule has 10 aromatic rings. The molecule has 224 valence electrons. The number of nitrogens with zero attached hydrogens (tertiary/aromatic N) is 4. The Kier molecular flexibility index (Phi) is 5.84. The topological polar surface area (TPSA) is 34.0 Å². The van der Waals surface area contributed by atoms with Gasteiger partial charge in [0.25, 0.3) is 0 Å². The van der Waals surface area contributed by atoms with Crippen LogP contribution in [0.3, 0.4) is 0 Å². The van der Waals surface area contributed by atoms with E-state index >= 15 is 0 Å². The molecule has 0 saturated carbocycles. The Morgan fingerprint density at radius 1 is 0.479 bits per heavy atom. The van der Waals surface area contributed by atoms with Crippen LogP contribution in [0, 0.1) is 0 Å². The molecular formula is C44H28N4. The molecule has 4 heteroatoms. The van der Waals surface area contributed by atoms with Gasteiger partial charge in [0, 0.05) is 27.4 Å². The summed E-state index contributed by atoms with van der Waals surface area (Å²) in [4.78, 5) is 12.3. The van der Waals surface area contributed by atoms with Crippen molar-refractivity contribution in [1.29, 1.82) is 0 Å². The van der Waals surface area contributed by atoms with Crippen molar-refractivity contribution < 1.29 is 0 Å². The van der Waals surface area contributed by atoms with Crippen LogP contribution in [0.15, 0.2) is 170 Å². The second-order valence-corrected chi connectivity index (χ2v) is 12.3. The van der Waals surface area contributed by atoms with Gasteiger partial charge in [0.15, 0.2) is 0 Å². The Bertz CT molecular complexity index is 2780. The van der Waals surface area contributed by atoms with Crippen molar-refractivity contribution in [1.82, 2.24) is 14.5 Å². The van der Waals surface area contributed by atoms with E-state index in [1.807, 2.05) is 12.3 Å². The van der Waals surface area contributed by atoms with Crippen LogP contribution >= 0.6 is 0 Å². The number of hydrogen-bond acceptors (Lipinski definition) is 3. The predicted octanol–water partition coefficient (Wildman–Crippen LogP) is 11.6. The van der Waals surface area contributed by atoms with Gasteiger partial charge < -0.3 is 4.90 Å². The summed E-state index contributed by atoms with van der Waals surface area (Å²) in [7, 11) is 0. The van der Waals surface area contributed by atoms with Crippen LogP contribution in [0.4, 0.5) is 17.1 Å². The van der Waals surface area contributed by atoms with E-state index < -0.39 is 0 Å². The molecule has 0 saturated heterocycles. The largest absolute Gasteiger partial charge is 0.308 e. The van der Waals surface area contributed by atoms with Gasteiger partial charge in [-0.15, -0.1) is 0 Å². The zero-order valence-electron chi connectivity index (χ0n) is 26.0. The average molecular weight is 613 g/mol. The second kappa shape index (κ2) is 10.5. The number of hydrogen-bond donors (Lipinski definition) is 0. The number of aromatic nitrogens is 3. The highest BCUT2D eigenvalue weighted by Crippen LogP contribution is 2.45. The molecule has 0 N–H and O–H groups in total. The summed E-state index contributed by atoms with van der Waals surface area (Å²) < 4.78 is 2.33. The molecule has 0 radical (unpaired) electrons. The normalized spacial score (nSPS) is 11.8. The summed E-state index contributed by atoms with van der Waals surface area (Å²) in [5.41, 5.74) is 8.48. The molecule has 0 unspecified atom stereocenters. The molecule has 0 atom stereocenters. The molecule has 2 aromatic heterocycles. The van der Waals surface area contributed by atoms with E-state index in [0.717, 1.165) is 56.1 Å². The molecule has 0 bridgehead atoms. The molecule has 10 rings (SSSR count). The minimum absolute atomic E-state index is 0.937. The van der Waals surface area contributed by atoms with Crippen molar-refractivity contribution in [3.8, 4) is 17.1 Å². The van der Waals surface area contributed by atoms with Gasteiger partial charge >= 0.3 is 0 Å². The highest BCUT2D eigenvalue weighted by atomic mass is 15.1. The zero-order chi connectivity index (χ0) is 31.6. The van der Waals surface area contributed by atoms with E-state index in [1.54, 1.807) is 0 Å². The van der Waals surface area contributed by atoms with Crippen LogP contribution in [0.2, 0.25) is 0 Å². The Balaban J connectivity index is 1.26. The first-order valence-electron chi connectivity index (χ1n) is 16.3. The van der Waals surface area contributed by atoms with Gasteiger partial charge in [0.2, 0.25) is 0 Å². The van der Waals surface area contributed by atoms with Gasteiger partial charge in [-0.05, 0) is 70.1 Å². The third-order valence-electron chi connectivity index (χ3n) is 9.54. The second-order valence-electron chi connectivity index (χ2n) is 12.3. The highest BCUT2D eigenvalue weighted by molar-refractivity contribution is 6.27. The summed E-state index contributed by atoms with van der Waals surface area (Å²) in [6.45, 7) is 0. The summed E-state index contributed by atoms with van der Waals surface area (Å²) in [5, 5.41) is 8.44. The monoisotopic (exact) mass is 612 g/mol. The minimum atomic E-state index is 0.937. The van der Waals surface area contributed by atoms with Crippen molar-refractivity contribution in [2.24, 2.45) is 0 Å². The van der Waals surface area contributed by atoms with Crippen molar-refractivity contribution in [3.05, 3.63) is 170 Å². The average Bonchev–Trinajstić information content (AvgIpc) is 3.54. The number of imidazole rings is 1. The van der Waals surface area contributed by atoms with Gasteiger partial charge in [-0.3, -0.25) is 9.55 Å². The van der Waals surface area contributed by atoms with Crippen molar-refractivity contribution in [2.75, 3.05) is 4.90 Å². The Labute approximate surface area is 277 Å². The summed E-state index contributed by atoms with van der Waals surface area (Å²) >= 11 is 0. The van der Waals surface area contributed by atoms with Crippen LogP contribution in [0.25, 0.3) is 71.3 Å². The van der Waals surface area contributed by atoms with Crippen LogP contribution in [0.5, 0.6) is 0 Å². The molecule has 0 amide bonds. The Morgan fingerprint density at radius 3 is 1.96 bits per heavy atom. The third kappa shape index (κ3) is 4.03. The van der Waals surface area contributed by atoms with Gasteiger partial charge in [-0.25, -0.2) is 4.98 Å². The number of rotatable bonds is 5. The molecule has 0 spiro atoms. The van der Waals surface area contributed by atoms with E-state index in [1.165, 1.54) is 32.3 Å². The van der Waals surface area contributed by atoms with Crippen molar-refractivity contribution >= 4 is 71.3 Å². The van der Waals surface area contributed by atoms with Crippen molar-refractivity contribution in [3.63, 3.8) is 0 Å². The van der Waals surface area contributed by atoms with Crippen molar-refractivity contribution in [2.45, 2.75) is 0 Å². The fraction of sp³-hybridized carbons (Fsp3) is 0. The zero-order valence-corrected chi connectivity index (χ0v) is 26.0. The van der Waals surface area contributed by atoms with Gasteiger partial charge in [-0.1, -0.05) is 115 Å². The maximum Gasteiger partial charge on any atom is 0.145 e. The fourth-order valence-corrected chi connectivity index (χ4v) is 7.40. The molecule has 2 heterocycles. The van der Waals surface area contributed by atoms with Crippen LogP contribution in [-0.2, 0) is 0 Å². The standard InChI is InChI=1S/C44H28N4/c1-3-11-31(12-4-1)44-46-38-17-9-10-18-41(38)48(44)40-26-22-30-19-23-35-39(25-21-29-20-24-36(40)43(30)42(29)35)47(33-14-5-2-6-15-33)34-27-32-13-7-8-16-37(32)45-28-34/h1-28H. The first-order chi connectivity index (χ1) is 23.8. The van der Waals surface area contributed by atoms with Gasteiger partial charge in [0.05, 0.1) is 39.8 Å². The molecule has 4 nitrogen and oxygen atoms in total. The van der Waals surface area contributed by atoms with E-state index in [9.17, 15) is 0 Å². The molecule has 0 fully saturated rings. The smallest absolute Gasteiger partial charge is 0.145 e. The molecule has 0 aliphatic heterocycles. The highest BCUT2D eigenvalue weighted by Gasteiger charge is 2.21. The van der Waals surface area contributed by atoms with Crippen LogP contribution < -0.4 is 4.90 Å². The lowest BCUT2D eigenvalue weighted by Crippen LogP contribution is -2.11. The first-order valence-corrected chi connectivity index (χ1v) is 16.3. The lowest BCUT2D eigenvalue weighted by Gasteiger charge is -2.27. The summed E-state index contributed by atoms with van der Waals surface area (Å²) in [6, 6.07) is 58.1. The van der Waals surface area contributed by atoms with Crippen LogP contribution in [-0.4, -0.2) is 14.5 Å². The lowest BCUT2D eigenvalue weighted by atomic mass is 9.92. The Morgan fingerprint density at radius 2 is 1.12 bits per heavy atom. The van der Waals surface area contributed by atoms with Gasteiger partial charge in [-0.2, -0.15) is 0 Å². The van der Waals surface area contributed by atoms with E-state index in [4.69, 9.17) is 9.97 Å².